The Kier molecular flexibility index (Phi) is 5.42. The highest BCUT2D eigenvalue weighted by Gasteiger charge is 2.24. The topological polar surface area (TPSA) is 59.1 Å². The summed E-state index contributed by atoms with van der Waals surface area (Å²) in [6.45, 7) is 9.31. The first-order valence-corrected chi connectivity index (χ1v) is 7.82. The standard InChI is InChI=1S/C18H26N4O/c1-13-19-10-9-17(21-13)20-12-16(18(2,3)4)22-14-7-6-8-15(11-14)23-5/h6-11,16,22H,12H2,1-5H3,(H,19,20,21)/t16-/m0/s1. The van der Waals surface area contributed by atoms with Gasteiger partial charge in [-0.1, -0.05) is 26.8 Å². The SMILES string of the molecule is COc1cccc(N[C@@H](CNc2ccnc(C)n2)C(C)(C)C)c1. The highest BCUT2D eigenvalue weighted by Crippen LogP contribution is 2.25. The summed E-state index contributed by atoms with van der Waals surface area (Å²) < 4.78 is 5.29. The van der Waals surface area contributed by atoms with Gasteiger partial charge in [-0.25, -0.2) is 9.97 Å². The van der Waals surface area contributed by atoms with Gasteiger partial charge in [0.05, 0.1) is 7.11 Å². The van der Waals surface area contributed by atoms with Crippen LogP contribution in [0.5, 0.6) is 5.75 Å². The molecule has 0 saturated heterocycles. The molecule has 124 valence electrons. The second kappa shape index (κ2) is 7.31. The summed E-state index contributed by atoms with van der Waals surface area (Å²) in [5, 5.41) is 6.99. The van der Waals surface area contributed by atoms with Crippen LogP contribution in [0.4, 0.5) is 11.5 Å². The van der Waals surface area contributed by atoms with Gasteiger partial charge in [0.2, 0.25) is 0 Å². The van der Waals surface area contributed by atoms with Crippen molar-refractivity contribution in [1.29, 1.82) is 0 Å². The van der Waals surface area contributed by atoms with Crippen molar-refractivity contribution < 1.29 is 4.74 Å². The minimum Gasteiger partial charge on any atom is -0.497 e. The third kappa shape index (κ3) is 5.13. The van der Waals surface area contributed by atoms with E-state index in [4.69, 9.17) is 4.74 Å². The molecule has 0 unspecified atom stereocenters. The van der Waals surface area contributed by atoms with Crippen LogP contribution < -0.4 is 15.4 Å². The number of nitrogens with one attached hydrogen (secondary N) is 2. The van der Waals surface area contributed by atoms with Gasteiger partial charge in [0.1, 0.15) is 17.4 Å². The Bertz CT molecular complexity index is 637. The number of rotatable bonds is 6. The van der Waals surface area contributed by atoms with E-state index in [2.05, 4.69) is 47.4 Å². The smallest absolute Gasteiger partial charge is 0.129 e. The molecule has 5 nitrogen and oxygen atoms in total. The van der Waals surface area contributed by atoms with E-state index < -0.39 is 0 Å². The maximum Gasteiger partial charge on any atom is 0.129 e. The Morgan fingerprint density at radius 3 is 2.65 bits per heavy atom. The van der Waals surface area contributed by atoms with Gasteiger partial charge in [-0.2, -0.15) is 0 Å². The molecule has 0 aliphatic rings. The number of ether oxygens (including phenoxy) is 1. The zero-order valence-electron chi connectivity index (χ0n) is 14.6. The number of nitrogens with zero attached hydrogens (tertiary/aromatic N) is 2. The number of benzene rings is 1. The van der Waals surface area contributed by atoms with Gasteiger partial charge < -0.3 is 15.4 Å². The van der Waals surface area contributed by atoms with Crippen LogP contribution in [0.3, 0.4) is 0 Å². The van der Waals surface area contributed by atoms with Gasteiger partial charge >= 0.3 is 0 Å². The average Bonchev–Trinajstić information content (AvgIpc) is 2.50. The Morgan fingerprint density at radius 2 is 2.00 bits per heavy atom. The fourth-order valence-electron chi connectivity index (χ4n) is 2.25. The van der Waals surface area contributed by atoms with Crippen LogP contribution in [0.15, 0.2) is 36.5 Å². The van der Waals surface area contributed by atoms with E-state index in [1.807, 2.05) is 31.2 Å². The molecule has 0 amide bonds. The lowest BCUT2D eigenvalue weighted by molar-refractivity contribution is 0.350. The lowest BCUT2D eigenvalue weighted by Crippen LogP contribution is -2.40. The Morgan fingerprint density at radius 1 is 1.22 bits per heavy atom. The molecule has 1 atom stereocenters. The molecule has 5 heteroatoms. The Hall–Kier alpha value is -2.30. The highest BCUT2D eigenvalue weighted by molar-refractivity contribution is 5.49. The summed E-state index contributed by atoms with van der Waals surface area (Å²) in [4.78, 5) is 8.51. The molecule has 0 spiro atoms. The number of anilines is 2. The Labute approximate surface area is 138 Å². The van der Waals surface area contributed by atoms with Crippen molar-refractivity contribution in [3.8, 4) is 5.75 Å². The van der Waals surface area contributed by atoms with Gasteiger partial charge in [0.25, 0.3) is 0 Å². The van der Waals surface area contributed by atoms with Crippen molar-refractivity contribution >= 4 is 11.5 Å². The molecule has 0 bridgehead atoms. The molecule has 1 aromatic carbocycles. The van der Waals surface area contributed by atoms with Crippen LogP contribution >= 0.6 is 0 Å². The average molecular weight is 314 g/mol. The molecule has 2 rings (SSSR count). The first-order valence-electron chi connectivity index (χ1n) is 7.82. The zero-order valence-corrected chi connectivity index (χ0v) is 14.6. The van der Waals surface area contributed by atoms with Crippen LogP contribution in [0.2, 0.25) is 0 Å². The van der Waals surface area contributed by atoms with Crippen molar-refractivity contribution in [3.63, 3.8) is 0 Å². The number of methoxy groups -OCH3 is 1. The number of aryl methyl sites for hydroxylation is 1. The fourth-order valence-corrected chi connectivity index (χ4v) is 2.25. The predicted octanol–water partition coefficient (Wildman–Crippen LogP) is 3.73. The largest absolute Gasteiger partial charge is 0.497 e. The van der Waals surface area contributed by atoms with E-state index in [0.29, 0.717) is 0 Å². The number of hydrogen-bond donors (Lipinski definition) is 2. The molecule has 2 N–H and O–H groups in total. The zero-order chi connectivity index (χ0) is 16.9. The third-order valence-electron chi connectivity index (χ3n) is 3.72. The lowest BCUT2D eigenvalue weighted by atomic mass is 9.86. The highest BCUT2D eigenvalue weighted by atomic mass is 16.5. The van der Waals surface area contributed by atoms with E-state index in [-0.39, 0.29) is 11.5 Å². The summed E-state index contributed by atoms with van der Waals surface area (Å²) in [5.41, 5.74) is 1.13. The van der Waals surface area contributed by atoms with Gasteiger partial charge in [-0.3, -0.25) is 0 Å². The van der Waals surface area contributed by atoms with Crippen LogP contribution in [0.25, 0.3) is 0 Å². The summed E-state index contributed by atoms with van der Waals surface area (Å²) in [7, 11) is 1.68. The molecule has 0 fully saturated rings. The molecular weight excluding hydrogens is 288 g/mol. The van der Waals surface area contributed by atoms with Gasteiger partial charge in [0.15, 0.2) is 0 Å². The monoisotopic (exact) mass is 314 g/mol. The van der Waals surface area contributed by atoms with Crippen molar-refractivity contribution in [2.45, 2.75) is 33.7 Å². The second-order valence-electron chi connectivity index (χ2n) is 6.66. The molecule has 0 aliphatic carbocycles. The Balaban J connectivity index is 2.08. The van der Waals surface area contributed by atoms with Crippen molar-refractivity contribution in [2.24, 2.45) is 5.41 Å². The van der Waals surface area contributed by atoms with Gasteiger partial charge in [-0.05, 0) is 30.5 Å². The lowest BCUT2D eigenvalue weighted by Gasteiger charge is -2.32. The minimum absolute atomic E-state index is 0.0815. The molecule has 0 radical (unpaired) electrons. The molecule has 1 aromatic heterocycles. The summed E-state index contributed by atoms with van der Waals surface area (Å²) in [5.74, 6) is 2.46. The first kappa shape index (κ1) is 17.1. The maximum atomic E-state index is 5.29. The second-order valence-corrected chi connectivity index (χ2v) is 6.66. The van der Waals surface area contributed by atoms with Crippen LogP contribution in [0, 0.1) is 12.3 Å². The van der Waals surface area contributed by atoms with E-state index in [9.17, 15) is 0 Å². The van der Waals surface area contributed by atoms with E-state index in [1.165, 1.54) is 0 Å². The van der Waals surface area contributed by atoms with Gasteiger partial charge in [-0.15, -0.1) is 0 Å². The normalized spacial score (nSPS) is 12.6. The number of hydrogen-bond acceptors (Lipinski definition) is 5. The third-order valence-corrected chi connectivity index (χ3v) is 3.72. The van der Waals surface area contributed by atoms with E-state index in [0.717, 1.165) is 29.6 Å². The molecule has 0 saturated carbocycles. The van der Waals surface area contributed by atoms with E-state index >= 15 is 0 Å². The minimum atomic E-state index is 0.0815. The molecule has 1 heterocycles. The summed E-state index contributed by atoms with van der Waals surface area (Å²) >= 11 is 0. The summed E-state index contributed by atoms with van der Waals surface area (Å²) in [6, 6.07) is 10.1. The summed E-state index contributed by atoms with van der Waals surface area (Å²) in [6.07, 6.45) is 1.77. The van der Waals surface area contributed by atoms with Crippen molar-refractivity contribution in [2.75, 3.05) is 24.3 Å². The van der Waals surface area contributed by atoms with E-state index in [1.54, 1.807) is 13.3 Å². The fraction of sp³-hybridized carbons (Fsp3) is 0.444. The quantitative estimate of drug-likeness (QED) is 0.851. The predicted molar refractivity (Wildman–Crippen MR) is 95.1 cm³/mol. The van der Waals surface area contributed by atoms with Crippen LogP contribution in [-0.4, -0.2) is 29.7 Å². The number of aromatic nitrogens is 2. The van der Waals surface area contributed by atoms with Crippen molar-refractivity contribution in [3.05, 3.63) is 42.4 Å². The molecular formula is C18H26N4O. The maximum absolute atomic E-state index is 5.29. The van der Waals surface area contributed by atoms with Crippen molar-refractivity contribution in [1.82, 2.24) is 9.97 Å². The first-order chi connectivity index (χ1) is 10.9. The molecule has 2 aromatic rings. The molecule has 23 heavy (non-hydrogen) atoms. The van der Waals surface area contributed by atoms with Gasteiger partial charge in [0, 0.05) is 30.5 Å². The molecule has 0 aliphatic heterocycles. The van der Waals surface area contributed by atoms with Crippen LogP contribution in [-0.2, 0) is 0 Å². The van der Waals surface area contributed by atoms with Crippen LogP contribution in [0.1, 0.15) is 26.6 Å².